The number of nitrogens with two attached hydrogens (primary N) is 1. The number of anilines is 5. The van der Waals surface area contributed by atoms with Crippen LogP contribution < -0.4 is 21.3 Å². The number of nitrogens with zero attached hydrogens (tertiary/aromatic N) is 4. The number of likely N-dealkylation sites (N-methyl/N-ethyl adjacent to an activating group) is 1. The molecule has 0 saturated carbocycles. The second-order valence-electron chi connectivity index (χ2n) is 5.71. The van der Waals surface area contributed by atoms with E-state index in [4.69, 9.17) is 5.73 Å². The van der Waals surface area contributed by atoms with Crippen LogP contribution in [0.4, 0.5) is 28.8 Å². The molecular weight excluding hydrogens is 290 g/mol. The quantitative estimate of drug-likeness (QED) is 0.791. The minimum atomic E-state index is 0.524. The van der Waals surface area contributed by atoms with Gasteiger partial charge in [0.1, 0.15) is 0 Å². The molecule has 1 aliphatic heterocycles. The molecular formula is C16H23N7. The van der Waals surface area contributed by atoms with Crippen molar-refractivity contribution in [3.05, 3.63) is 30.5 Å². The molecule has 0 amide bonds. The third kappa shape index (κ3) is 3.62. The van der Waals surface area contributed by atoms with Crippen LogP contribution in [0.15, 0.2) is 30.5 Å². The van der Waals surface area contributed by atoms with Gasteiger partial charge in [0.2, 0.25) is 5.95 Å². The minimum Gasteiger partial charge on any atom is -0.394 e. The van der Waals surface area contributed by atoms with Crippen LogP contribution in [0.25, 0.3) is 0 Å². The zero-order chi connectivity index (χ0) is 16.2. The minimum absolute atomic E-state index is 0.524. The van der Waals surface area contributed by atoms with Gasteiger partial charge in [0.15, 0.2) is 5.82 Å². The third-order valence-electron chi connectivity index (χ3n) is 4.05. The number of piperazine rings is 1. The Balaban J connectivity index is 1.68. The Morgan fingerprint density at radius 1 is 1.09 bits per heavy atom. The SMILES string of the molecule is CNc1nc(Nc2ccc(N3CCN(C)CC3)cc2)ncc1N. The van der Waals surface area contributed by atoms with Crippen LogP contribution in [-0.2, 0) is 0 Å². The van der Waals surface area contributed by atoms with Crippen LogP contribution in [0, 0.1) is 0 Å². The van der Waals surface area contributed by atoms with Crippen molar-refractivity contribution in [2.45, 2.75) is 0 Å². The molecule has 7 heteroatoms. The van der Waals surface area contributed by atoms with Crippen LogP contribution in [0.3, 0.4) is 0 Å². The molecule has 1 saturated heterocycles. The molecule has 0 aliphatic carbocycles. The maximum absolute atomic E-state index is 5.78. The molecule has 0 spiro atoms. The molecule has 0 atom stereocenters. The molecule has 7 nitrogen and oxygen atoms in total. The summed E-state index contributed by atoms with van der Waals surface area (Å²) in [5, 5.41) is 6.15. The van der Waals surface area contributed by atoms with Gasteiger partial charge in [-0.15, -0.1) is 0 Å². The normalized spacial score (nSPS) is 15.5. The van der Waals surface area contributed by atoms with Crippen LogP contribution >= 0.6 is 0 Å². The number of aromatic nitrogens is 2. The van der Waals surface area contributed by atoms with Gasteiger partial charge in [0, 0.05) is 44.6 Å². The van der Waals surface area contributed by atoms with Gasteiger partial charge >= 0.3 is 0 Å². The van der Waals surface area contributed by atoms with E-state index < -0.39 is 0 Å². The highest BCUT2D eigenvalue weighted by atomic mass is 15.2. The Bertz CT molecular complexity index is 648. The van der Waals surface area contributed by atoms with E-state index in [1.165, 1.54) is 5.69 Å². The Kier molecular flexibility index (Phi) is 4.47. The van der Waals surface area contributed by atoms with Gasteiger partial charge in [-0.2, -0.15) is 4.98 Å². The van der Waals surface area contributed by atoms with E-state index >= 15 is 0 Å². The summed E-state index contributed by atoms with van der Waals surface area (Å²) in [6, 6.07) is 8.35. The number of hydrogen-bond acceptors (Lipinski definition) is 7. The number of rotatable bonds is 4. The summed E-state index contributed by atoms with van der Waals surface area (Å²) < 4.78 is 0. The molecule has 3 rings (SSSR count). The monoisotopic (exact) mass is 313 g/mol. The van der Waals surface area contributed by atoms with Crippen LogP contribution in [0.2, 0.25) is 0 Å². The second-order valence-corrected chi connectivity index (χ2v) is 5.71. The first-order valence-corrected chi connectivity index (χ1v) is 7.76. The largest absolute Gasteiger partial charge is 0.394 e. The molecule has 122 valence electrons. The third-order valence-corrected chi connectivity index (χ3v) is 4.05. The molecule has 23 heavy (non-hydrogen) atoms. The maximum atomic E-state index is 5.78. The molecule has 1 aliphatic rings. The molecule has 2 aromatic rings. The van der Waals surface area contributed by atoms with Crippen molar-refractivity contribution in [1.82, 2.24) is 14.9 Å². The topological polar surface area (TPSA) is 82.3 Å². The smallest absolute Gasteiger partial charge is 0.229 e. The van der Waals surface area contributed by atoms with E-state index in [2.05, 4.69) is 49.6 Å². The summed E-state index contributed by atoms with van der Waals surface area (Å²) in [6.07, 6.45) is 1.60. The summed E-state index contributed by atoms with van der Waals surface area (Å²) in [5.74, 6) is 1.15. The lowest BCUT2D eigenvalue weighted by Crippen LogP contribution is -2.44. The van der Waals surface area contributed by atoms with Crippen molar-refractivity contribution in [3.63, 3.8) is 0 Å². The van der Waals surface area contributed by atoms with Gasteiger partial charge < -0.3 is 26.2 Å². The molecule has 4 N–H and O–H groups in total. The Hall–Kier alpha value is -2.54. The van der Waals surface area contributed by atoms with Crippen molar-refractivity contribution >= 4 is 28.8 Å². The van der Waals surface area contributed by atoms with Gasteiger partial charge in [-0.25, -0.2) is 4.98 Å². The van der Waals surface area contributed by atoms with E-state index in [1.54, 1.807) is 13.2 Å². The van der Waals surface area contributed by atoms with Crippen molar-refractivity contribution < 1.29 is 0 Å². The molecule has 0 unspecified atom stereocenters. The van der Waals surface area contributed by atoms with Gasteiger partial charge in [0.05, 0.1) is 11.9 Å². The summed E-state index contributed by atoms with van der Waals surface area (Å²) in [5.41, 5.74) is 8.51. The number of nitrogens with one attached hydrogen (secondary N) is 2. The van der Waals surface area contributed by atoms with E-state index in [-0.39, 0.29) is 0 Å². The molecule has 0 radical (unpaired) electrons. The van der Waals surface area contributed by atoms with Gasteiger partial charge in [0.25, 0.3) is 0 Å². The van der Waals surface area contributed by atoms with Gasteiger partial charge in [-0.05, 0) is 31.3 Å². The van der Waals surface area contributed by atoms with Crippen LogP contribution in [0.1, 0.15) is 0 Å². The van der Waals surface area contributed by atoms with Crippen molar-refractivity contribution in [1.29, 1.82) is 0 Å². The first-order valence-electron chi connectivity index (χ1n) is 7.76. The molecule has 1 fully saturated rings. The Labute approximate surface area is 136 Å². The number of hydrogen-bond donors (Lipinski definition) is 3. The van der Waals surface area contributed by atoms with E-state index in [9.17, 15) is 0 Å². The number of nitrogen functional groups attached to an aromatic ring is 1. The Morgan fingerprint density at radius 3 is 2.43 bits per heavy atom. The highest BCUT2D eigenvalue weighted by Crippen LogP contribution is 2.22. The highest BCUT2D eigenvalue weighted by Gasteiger charge is 2.14. The van der Waals surface area contributed by atoms with E-state index in [1.807, 2.05) is 12.1 Å². The standard InChI is InChI=1S/C16H23N7/c1-18-15-14(17)11-19-16(21-15)20-12-3-5-13(6-4-12)23-9-7-22(2)8-10-23/h3-6,11H,7-10,17H2,1-2H3,(H2,18,19,20,21). The lowest BCUT2D eigenvalue weighted by atomic mass is 10.2. The number of benzene rings is 1. The summed E-state index contributed by atoms with van der Waals surface area (Å²) in [4.78, 5) is 13.3. The van der Waals surface area contributed by atoms with E-state index in [0.29, 0.717) is 17.5 Å². The van der Waals surface area contributed by atoms with Crippen LogP contribution in [-0.4, -0.2) is 55.1 Å². The Morgan fingerprint density at radius 2 is 1.78 bits per heavy atom. The molecule has 1 aromatic heterocycles. The summed E-state index contributed by atoms with van der Waals surface area (Å²) >= 11 is 0. The lowest BCUT2D eigenvalue weighted by Gasteiger charge is -2.34. The van der Waals surface area contributed by atoms with Crippen LogP contribution in [0.5, 0.6) is 0 Å². The average Bonchev–Trinajstić information content (AvgIpc) is 2.58. The van der Waals surface area contributed by atoms with E-state index in [0.717, 1.165) is 31.9 Å². The maximum Gasteiger partial charge on any atom is 0.229 e. The fourth-order valence-corrected chi connectivity index (χ4v) is 2.60. The molecule has 0 bridgehead atoms. The highest BCUT2D eigenvalue weighted by molar-refractivity contribution is 5.64. The first-order chi connectivity index (χ1) is 11.2. The van der Waals surface area contributed by atoms with Gasteiger partial charge in [-0.1, -0.05) is 0 Å². The van der Waals surface area contributed by atoms with Gasteiger partial charge in [-0.3, -0.25) is 0 Å². The zero-order valence-corrected chi connectivity index (χ0v) is 13.6. The van der Waals surface area contributed by atoms with Crippen molar-refractivity contribution in [2.24, 2.45) is 0 Å². The lowest BCUT2D eigenvalue weighted by molar-refractivity contribution is 0.313. The second kappa shape index (κ2) is 6.70. The fourth-order valence-electron chi connectivity index (χ4n) is 2.60. The van der Waals surface area contributed by atoms with Crippen molar-refractivity contribution in [2.75, 3.05) is 61.5 Å². The summed E-state index contributed by atoms with van der Waals surface area (Å²) in [7, 11) is 3.95. The fraction of sp³-hybridized carbons (Fsp3) is 0.375. The predicted octanol–water partition coefficient (Wildman–Crippen LogP) is 1.60. The summed E-state index contributed by atoms with van der Waals surface area (Å²) in [6.45, 7) is 4.34. The molecule has 2 heterocycles. The van der Waals surface area contributed by atoms with Crippen molar-refractivity contribution in [3.8, 4) is 0 Å². The zero-order valence-electron chi connectivity index (χ0n) is 13.6. The molecule has 1 aromatic carbocycles. The first kappa shape index (κ1) is 15.4. The average molecular weight is 313 g/mol. The predicted molar refractivity (Wildman–Crippen MR) is 95.4 cm³/mol.